The SMILES string of the molecule is CN[C@H]1CC[C@H](NC(=N)c2cc(C)ccc2N)CC1. The van der Waals surface area contributed by atoms with Crippen molar-refractivity contribution < 1.29 is 0 Å². The molecule has 5 N–H and O–H groups in total. The minimum Gasteiger partial charge on any atom is -0.398 e. The summed E-state index contributed by atoms with van der Waals surface area (Å²) in [6.07, 6.45) is 4.56. The molecule has 0 heterocycles. The summed E-state index contributed by atoms with van der Waals surface area (Å²) in [7, 11) is 2.02. The van der Waals surface area contributed by atoms with Gasteiger partial charge in [0, 0.05) is 23.3 Å². The van der Waals surface area contributed by atoms with Gasteiger partial charge in [0.2, 0.25) is 0 Å². The summed E-state index contributed by atoms with van der Waals surface area (Å²) in [5.41, 5.74) is 8.57. The van der Waals surface area contributed by atoms with Crippen LogP contribution in [0, 0.1) is 12.3 Å². The molecule has 104 valence electrons. The predicted molar refractivity (Wildman–Crippen MR) is 80.7 cm³/mol. The van der Waals surface area contributed by atoms with Gasteiger partial charge >= 0.3 is 0 Å². The van der Waals surface area contributed by atoms with Gasteiger partial charge in [0.15, 0.2) is 0 Å². The molecule has 0 unspecified atom stereocenters. The number of anilines is 1. The highest BCUT2D eigenvalue weighted by Crippen LogP contribution is 2.20. The van der Waals surface area contributed by atoms with Crippen molar-refractivity contribution in [3.8, 4) is 0 Å². The molecule has 0 atom stereocenters. The van der Waals surface area contributed by atoms with Crippen LogP contribution in [0.15, 0.2) is 18.2 Å². The Balaban J connectivity index is 1.96. The molecule has 1 aliphatic carbocycles. The molecule has 0 spiro atoms. The van der Waals surface area contributed by atoms with Gasteiger partial charge in [-0.3, -0.25) is 5.41 Å². The van der Waals surface area contributed by atoms with Crippen molar-refractivity contribution in [3.05, 3.63) is 29.3 Å². The molecule has 4 nitrogen and oxygen atoms in total. The van der Waals surface area contributed by atoms with Gasteiger partial charge in [-0.05, 0) is 51.8 Å². The Hall–Kier alpha value is -1.55. The maximum atomic E-state index is 8.19. The smallest absolute Gasteiger partial charge is 0.127 e. The van der Waals surface area contributed by atoms with Gasteiger partial charge in [0.05, 0.1) is 0 Å². The molecule has 1 fully saturated rings. The van der Waals surface area contributed by atoms with Crippen LogP contribution in [-0.2, 0) is 0 Å². The van der Waals surface area contributed by atoms with E-state index in [2.05, 4.69) is 10.6 Å². The van der Waals surface area contributed by atoms with E-state index in [4.69, 9.17) is 11.1 Å². The number of amidine groups is 1. The van der Waals surface area contributed by atoms with Crippen molar-refractivity contribution in [1.82, 2.24) is 10.6 Å². The summed E-state index contributed by atoms with van der Waals surface area (Å²) in [4.78, 5) is 0. The van der Waals surface area contributed by atoms with E-state index in [0.29, 0.717) is 23.6 Å². The van der Waals surface area contributed by atoms with Crippen molar-refractivity contribution in [1.29, 1.82) is 5.41 Å². The Kier molecular flexibility index (Phi) is 4.43. The van der Waals surface area contributed by atoms with E-state index in [9.17, 15) is 0 Å². The average molecular weight is 260 g/mol. The highest BCUT2D eigenvalue weighted by molar-refractivity contribution is 6.01. The number of aryl methyl sites for hydroxylation is 1. The summed E-state index contributed by atoms with van der Waals surface area (Å²) in [6, 6.07) is 6.86. The first kappa shape index (κ1) is 13.9. The van der Waals surface area contributed by atoms with Crippen LogP contribution >= 0.6 is 0 Å². The molecule has 0 amide bonds. The summed E-state index contributed by atoms with van der Waals surface area (Å²) in [5.74, 6) is 0.453. The van der Waals surface area contributed by atoms with E-state index in [-0.39, 0.29) is 0 Å². The van der Waals surface area contributed by atoms with Crippen LogP contribution < -0.4 is 16.4 Å². The molecule has 1 saturated carbocycles. The quantitative estimate of drug-likeness (QED) is 0.382. The standard InChI is InChI=1S/C15H24N4/c1-10-3-8-14(16)13(9-10)15(17)19-12-6-4-11(18-2)5-7-12/h3,8-9,11-12,18H,4-7,16H2,1-2H3,(H2,17,19)/t11-,12-. The maximum Gasteiger partial charge on any atom is 0.127 e. The molecule has 0 aromatic heterocycles. The van der Waals surface area contributed by atoms with Crippen LogP contribution in [0.3, 0.4) is 0 Å². The molecule has 1 aliphatic rings. The number of nitrogens with one attached hydrogen (secondary N) is 3. The van der Waals surface area contributed by atoms with Gasteiger partial charge in [0.1, 0.15) is 5.84 Å². The Morgan fingerprint density at radius 1 is 1.21 bits per heavy atom. The zero-order chi connectivity index (χ0) is 13.8. The molecule has 1 aromatic carbocycles. The molecule has 2 rings (SSSR count). The molecule has 4 heteroatoms. The van der Waals surface area contributed by atoms with Crippen LogP contribution in [0.5, 0.6) is 0 Å². The summed E-state index contributed by atoms with van der Waals surface area (Å²) in [6.45, 7) is 2.02. The van der Waals surface area contributed by atoms with Crippen LogP contribution in [0.4, 0.5) is 5.69 Å². The zero-order valence-corrected chi connectivity index (χ0v) is 11.8. The second kappa shape index (κ2) is 6.06. The van der Waals surface area contributed by atoms with Crippen LogP contribution in [-0.4, -0.2) is 25.0 Å². The lowest BCUT2D eigenvalue weighted by Gasteiger charge is -2.29. The fourth-order valence-electron chi connectivity index (χ4n) is 2.69. The van der Waals surface area contributed by atoms with Crippen molar-refractivity contribution >= 4 is 11.5 Å². The lowest BCUT2D eigenvalue weighted by Crippen LogP contribution is -2.41. The third kappa shape index (κ3) is 3.47. The Labute approximate surface area is 115 Å². The Morgan fingerprint density at radius 3 is 2.47 bits per heavy atom. The number of rotatable bonds is 3. The summed E-state index contributed by atoms with van der Waals surface area (Å²) >= 11 is 0. The first-order valence-corrected chi connectivity index (χ1v) is 6.99. The van der Waals surface area contributed by atoms with E-state index in [1.54, 1.807) is 0 Å². The van der Waals surface area contributed by atoms with Gasteiger partial charge in [-0.25, -0.2) is 0 Å². The van der Waals surface area contributed by atoms with Crippen molar-refractivity contribution in [3.63, 3.8) is 0 Å². The average Bonchev–Trinajstić information content (AvgIpc) is 2.42. The van der Waals surface area contributed by atoms with Crippen LogP contribution in [0.1, 0.15) is 36.8 Å². The molecular weight excluding hydrogens is 236 g/mol. The second-order valence-corrected chi connectivity index (χ2v) is 5.45. The third-order valence-corrected chi connectivity index (χ3v) is 3.96. The number of benzene rings is 1. The monoisotopic (exact) mass is 260 g/mol. The number of nitrogen functional groups attached to an aromatic ring is 1. The largest absolute Gasteiger partial charge is 0.398 e. The van der Waals surface area contributed by atoms with Crippen molar-refractivity contribution in [2.24, 2.45) is 0 Å². The second-order valence-electron chi connectivity index (χ2n) is 5.45. The maximum absolute atomic E-state index is 8.19. The normalized spacial score (nSPS) is 23.1. The van der Waals surface area contributed by atoms with Gasteiger partial charge in [-0.1, -0.05) is 11.6 Å². The van der Waals surface area contributed by atoms with E-state index in [1.807, 2.05) is 32.2 Å². The van der Waals surface area contributed by atoms with Gasteiger partial charge in [-0.15, -0.1) is 0 Å². The van der Waals surface area contributed by atoms with Gasteiger partial charge in [0.25, 0.3) is 0 Å². The molecular formula is C15H24N4. The molecule has 1 aromatic rings. The van der Waals surface area contributed by atoms with Crippen molar-refractivity contribution in [2.45, 2.75) is 44.7 Å². The minimum absolute atomic E-state index is 0.400. The van der Waals surface area contributed by atoms with E-state index in [0.717, 1.165) is 24.0 Å². The van der Waals surface area contributed by atoms with E-state index >= 15 is 0 Å². The first-order chi connectivity index (χ1) is 9.10. The highest BCUT2D eigenvalue weighted by Gasteiger charge is 2.21. The number of hydrogen-bond donors (Lipinski definition) is 4. The fourth-order valence-corrected chi connectivity index (χ4v) is 2.69. The topological polar surface area (TPSA) is 73.9 Å². The van der Waals surface area contributed by atoms with Crippen LogP contribution in [0.25, 0.3) is 0 Å². The van der Waals surface area contributed by atoms with E-state index < -0.39 is 0 Å². The summed E-state index contributed by atoms with van der Waals surface area (Å²) < 4.78 is 0. The summed E-state index contributed by atoms with van der Waals surface area (Å²) in [5, 5.41) is 14.8. The number of nitrogens with two attached hydrogens (primary N) is 1. The lowest BCUT2D eigenvalue weighted by molar-refractivity contribution is 0.342. The minimum atomic E-state index is 0.400. The molecule has 0 radical (unpaired) electrons. The Morgan fingerprint density at radius 2 is 1.84 bits per heavy atom. The Bertz CT molecular complexity index is 447. The molecule has 0 saturated heterocycles. The van der Waals surface area contributed by atoms with E-state index in [1.165, 1.54) is 12.8 Å². The predicted octanol–water partition coefficient (Wildman–Crippen LogP) is 2.02. The lowest BCUT2D eigenvalue weighted by atomic mass is 9.91. The molecule has 0 bridgehead atoms. The van der Waals surface area contributed by atoms with Crippen molar-refractivity contribution in [2.75, 3.05) is 12.8 Å². The third-order valence-electron chi connectivity index (χ3n) is 3.96. The zero-order valence-electron chi connectivity index (χ0n) is 11.8. The first-order valence-electron chi connectivity index (χ1n) is 6.99. The fraction of sp³-hybridized carbons (Fsp3) is 0.533. The molecule has 19 heavy (non-hydrogen) atoms. The van der Waals surface area contributed by atoms with Gasteiger partial charge < -0.3 is 16.4 Å². The number of hydrogen-bond acceptors (Lipinski definition) is 3. The van der Waals surface area contributed by atoms with Crippen LogP contribution in [0.2, 0.25) is 0 Å². The van der Waals surface area contributed by atoms with Gasteiger partial charge in [-0.2, -0.15) is 0 Å². The molecule has 0 aliphatic heterocycles. The highest BCUT2D eigenvalue weighted by atomic mass is 15.0.